The van der Waals surface area contributed by atoms with Crippen molar-refractivity contribution in [3.63, 3.8) is 0 Å². The zero-order valence-corrected chi connectivity index (χ0v) is 15.0. The van der Waals surface area contributed by atoms with Gasteiger partial charge < -0.3 is 10.1 Å². The van der Waals surface area contributed by atoms with Gasteiger partial charge in [0.1, 0.15) is 0 Å². The predicted molar refractivity (Wildman–Crippen MR) is 99.6 cm³/mol. The Balaban J connectivity index is 1.57. The normalized spacial score (nSPS) is 16.4. The summed E-state index contributed by atoms with van der Waals surface area (Å²) in [5.41, 5.74) is 4.26. The van der Waals surface area contributed by atoms with E-state index in [-0.39, 0.29) is 11.9 Å². The number of morpholine rings is 1. The zero-order valence-electron chi connectivity index (χ0n) is 15.0. The third kappa shape index (κ3) is 4.91. The minimum absolute atomic E-state index is 0.0128. The van der Waals surface area contributed by atoms with E-state index in [0.717, 1.165) is 38.4 Å². The molecule has 1 aliphatic heterocycles. The lowest BCUT2D eigenvalue weighted by Gasteiger charge is -2.26. The molecule has 0 bridgehead atoms. The van der Waals surface area contributed by atoms with Gasteiger partial charge in [-0.2, -0.15) is 0 Å². The van der Waals surface area contributed by atoms with Crippen LogP contribution in [0.2, 0.25) is 0 Å². The zero-order chi connectivity index (χ0) is 17.6. The number of ether oxygens (including phenoxy) is 1. The van der Waals surface area contributed by atoms with Gasteiger partial charge in [0.15, 0.2) is 0 Å². The highest BCUT2D eigenvalue weighted by atomic mass is 16.5. The van der Waals surface area contributed by atoms with Crippen LogP contribution < -0.4 is 5.32 Å². The van der Waals surface area contributed by atoms with E-state index in [2.05, 4.69) is 41.4 Å². The largest absolute Gasteiger partial charge is 0.379 e. The maximum absolute atomic E-state index is 12.5. The maximum atomic E-state index is 12.5. The number of hydrogen-bond acceptors (Lipinski definition) is 3. The van der Waals surface area contributed by atoms with E-state index in [1.807, 2.05) is 31.2 Å². The highest BCUT2D eigenvalue weighted by molar-refractivity contribution is 5.94. The van der Waals surface area contributed by atoms with Crippen molar-refractivity contribution in [1.82, 2.24) is 10.2 Å². The molecule has 1 unspecified atom stereocenters. The molecule has 2 aromatic carbocycles. The second-order valence-electron chi connectivity index (χ2n) is 6.69. The Morgan fingerprint density at radius 3 is 2.36 bits per heavy atom. The number of nitrogens with one attached hydrogen (secondary N) is 1. The fourth-order valence-electron chi connectivity index (χ4n) is 3.00. The maximum Gasteiger partial charge on any atom is 0.251 e. The van der Waals surface area contributed by atoms with Crippen LogP contribution in [0.25, 0.3) is 0 Å². The molecule has 132 valence electrons. The first-order chi connectivity index (χ1) is 12.1. The molecule has 1 heterocycles. The summed E-state index contributed by atoms with van der Waals surface area (Å²) in [5, 5.41) is 3.07. The highest BCUT2D eigenvalue weighted by Gasteiger charge is 2.13. The highest BCUT2D eigenvalue weighted by Crippen LogP contribution is 2.15. The summed E-state index contributed by atoms with van der Waals surface area (Å²) in [6.45, 7) is 8.52. The van der Waals surface area contributed by atoms with Crippen molar-refractivity contribution in [3.8, 4) is 0 Å². The molecule has 1 atom stereocenters. The van der Waals surface area contributed by atoms with Crippen LogP contribution in [-0.2, 0) is 11.3 Å². The van der Waals surface area contributed by atoms with Crippen LogP contribution in [0, 0.1) is 6.92 Å². The van der Waals surface area contributed by atoms with Gasteiger partial charge in [0.25, 0.3) is 5.91 Å². The topological polar surface area (TPSA) is 41.6 Å². The van der Waals surface area contributed by atoms with Gasteiger partial charge in [-0.25, -0.2) is 0 Å². The molecule has 0 radical (unpaired) electrons. The average Bonchev–Trinajstić information content (AvgIpc) is 2.63. The number of benzene rings is 2. The standard InChI is InChI=1S/C21H26N2O2/c1-16-3-7-19(8-4-16)17(2)22-21(24)20-9-5-18(6-10-20)15-23-11-13-25-14-12-23/h3-10,17H,11-15H2,1-2H3,(H,22,24). The average molecular weight is 338 g/mol. The lowest BCUT2D eigenvalue weighted by molar-refractivity contribution is 0.0342. The summed E-state index contributed by atoms with van der Waals surface area (Å²) in [6, 6.07) is 16.1. The van der Waals surface area contributed by atoms with Crippen molar-refractivity contribution >= 4 is 5.91 Å². The van der Waals surface area contributed by atoms with Crippen LogP contribution in [0.15, 0.2) is 48.5 Å². The Labute approximate surface area is 149 Å². The summed E-state index contributed by atoms with van der Waals surface area (Å²) in [5.74, 6) is -0.0361. The molecule has 3 rings (SSSR count). The third-order valence-corrected chi connectivity index (χ3v) is 4.65. The number of rotatable bonds is 5. The number of carbonyl (C=O) groups is 1. The Hall–Kier alpha value is -2.17. The lowest BCUT2D eigenvalue weighted by atomic mass is 10.1. The smallest absolute Gasteiger partial charge is 0.251 e. The molecule has 0 spiro atoms. The molecule has 1 amide bonds. The van der Waals surface area contributed by atoms with Crippen LogP contribution in [0.1, 0.15) is 40.0 Å². The number of aryl methyl sites for hydroxylation is 1. The summed E-state index contributed by atoms with van der Waals surface area (Å²) in [4.78, 5) is 14.8. The minimum Gasteiger partial charge on any atom is -0.379 e. The van der Waals surface area contributed by atoms with E-state index in [9.17, 15) is 4.79 Å². The van der Waals surface area contributed by atoms with Gasteiger partial charge in [-0.05, 0) is 37.1 Å². The van der Waals surface area contributed by atoms with Gasteiger partial charge in [0, 0.05) is 25.2 Å². The summed E-state index contributed by atoms with van der Waals surface area (Å²) in [6.07, 6.45) is 0. The molecule has 1 aliphatic rings. The molecule has 0 aromatic heterocycles. The summed E-state index contributed by atoms with van der Waals surface area (Å²) < 4.78 is 5.37. The van der Waals surface area contributed by atoms with Crippen molar-refractivity contribution in [1.29, 1.82) is 0 Å². The molecule has 4 heteroatoms. The van der Waals surface area contributed by atoms with Gasteiger partial charge in [-0.1, -0.05) is 42.0 Å². The van der Waals surface area contributed by atoms with Gasteiger partial charge in [-0.15, -0.1) is 0 Å². The monoisotopic (exact) mass is 338 g/mol. The number of nitrogens with zero attached hydrogens (tertiary/aromatic N) is 1. The van der Waals surface area contributed by atoms with Crippen LogP contribution in [0.4, 0.5) is 0 Å². The van der Waals surface area contributed by atoms with Crippen LogP contribution in [0.3, 0.4) is 0 Å². The minimum atomic E-state index is -0.0361. The Kier molecular flexibility index (Phi) is 5.84. The van der Waals surface area contributed by atoms with Crippen LogP contribution >= 0.6 is 0 Å². The molecular weight excluding hydrogens is 312 g/mol. The molecule has 4 nitrogen and oxygen atoms in total. The quantitative estimate of drug-likeness (QED) is 0.909. The number of amides is 1. The SMILES string of the molecule is Cc1ccc(C(C)NC(=O)c2ccc(CN3CCOCC3)cc2)cc1. The van der Waals surface area contributed by atoms with Crippen LogP contribution in [-0.4, -0.2) is 37.1 Å². The van der Waals surface area contributed by atoms with Crippen molar-refractivity contribution < 1.29 is 9.53 Å². The van der Waals surface area contributed by atoms with Crippen molar-refractivity contribution in [2.45, 2.75) is 26.4 Å². The van der Waals surface area contributed by atoms with E-state index in [1.54, 1.807) is 0 Å². The van der Waals surface area contributed by atoms with E-state index < -0.39 is 0 Å². The Morgan fingerprint density at radius 1 is 1.08 bits per heavy atom. The molecule has 2 aromatic rings. The summed E-state index contributed by atoms with van der Waals surface area (Å²) >= 11 is 0. The number of carbonyl (C=O) groups excluding carboxylic acids is 1. The first-order valence-electron chi connectivity index (χ1n) is 8.88. The van der Waals surface area contributed by atoms with Gasteiger partial charge in [0.2, 0.25) is 0 Å². The van der Waals surface area contributed by atoms with Crippen molar-refractivity contribution in [3.05, 3.63) is 70.8 Å². The second kappa shape index (κ2) is 8.28. The lowest BCUT2D eigenvalue weighted by Crippen LogP contribution is -2.35. The van der Waals surface area contributed by atoms with E-state index in [4.69, 9.17) is 4.74 Å². The Bertz CT molecular complexity index is 689. The first-order valence-corrected chi connectivity index (χ1v) is 8.88. The Morgan fingerprint density at radius 2 is 1.72 bits per heavy atom. The van der Waals surface area contributed by atoms with Crippen LogP contribution in [0.5, 0.6) is 0 Å². The van der Waals surface area contributed by atoms with Gasteiger partial charge >= 0.3 is 0 Å². The molecule has 0 aliphatic carbocycles. The molecular formula is C21H26N2O2. The third-order valence-electron chi connectivity index (χ3n) is 4.65. The molecule has 0 saturated carbocycles. The van der Waals surface area contributed by atoms with E-state index in [1.165, 1.54) is 11.1 Å². The predicted octanol–water partition coefficient (Wildman–Crippen LogP) is 3.32. The van der Waals surface area contributed by atoms with Gasteiger partial charge in [-0.3, -0.25) is 9.69 Å². The molecule has 1 fully saturated rings. The molecule has 1 saturated heterocycles. The van der Waals surface area contributed by atoms with E-state index in [0.29, 0.717) is 5.56 Å². The second-order valence-corrected chi connectivity index (χ2v) is 6.69. The number of hydrogen-bond donors (Lipinski definition) is 1. The fourth-order valence-corrected chi connectivity index (χ4v) is 3.00. The van der Waals surface area contributed by atoms with Crippen molar-refractivity contribution in [2.75, 3.05) is 26.3 Å². The fraction of sp³-hybridized carbons (Fsp3) is 0.381. The molecule has 1 N–H and O–H groups in total. The summed E-state index contributed by atoms with van der Waals surface area (Å²) in [7, 11) is 0. The first kappa shape index (κ1) is 17.6. The van der Waals surface area contributed by atoms with Crippen molar-refractivity contribution in [2.24, 2.45) is 0 Å². The molecule has 25 heavy (non-hydrogen) atoms. The van der Waals surface area contributed by atoms with E-state index >= 15 is 0 Å². The van der Waals surface area contributed by atoms with Gasteiger partial charge in [0.05, 0.1) is 19.3 Å².